The van der Waals surface area contributed by atoms with E-state index in [0.29, 0.717) is 32.4 Å². The summed E-state index contributed by atoms with van der Waals surface area (Å²) in [5.74, 6) is 0.739. The van der Waals surface area contributed by atoms with Gasteiger partial charge in [-0.15, -0.1) is 0 Å². The summed E-state index contributed by atoms with van der Waals surface area (Å²) in [5, 5.41) is 0. The van der Waals surface area contributed by atoms with E-state index >= 15 is 0 Å². The molecule has 0 radical (unpaired) electrons. The average Bonchev–Trinajstić information content (AvgIpc) is 3.08. The molecule has 1 fully saturated rings. The van der Waals surface area contributed by atoms with Gasteiger partial charge in [0.1, 0.15) is 11.8 Å². The minimum absolute atomic E-state index is 0.0373. The van der Waals surface area contributed by atoms with Gasteiger partial charge >= 0.3 is 5.97 Å². The van der Waals surface area contributed by atoms with Crippen LogP contribution in [0.4, 0.5) is 0 Å². The van der Waals surface area contributed by atoms with Crippen LogP contribution in [-0.4, -0.2) is 42.6 Å². The Balaban J connectivity index is 1.52. The van der Waals surface area contributed by atoms with Gasteiger partial charge in [0.2, 0.25) is 5.91 Å². The summed E-state index contributed by atoms with van der Waals surface area (Å²) in [6.07, 6.45) is 4.71. The molecule has 1 amide bonds. The molecule has 1 unspecified atom stereocenters. The number of ether oxygens (including phenoxy) is 2. The van der Waals surface area contributed by atoms with Crippen LogP contribution in [0.2, 0.25) is 0 Å². The number of carbonyl (C=O) groups is 2. The van der Waals surface area contributed by atoms with Crippen molar-refractivity contribution in [3.63, 3.8) is 0 Å². The Morgan fingerprint density at radius 1 is 1.33 bits per heavy atom. The first kappa shape index (κ1) is 16.8. The molecule has 0 bridgehead atoms. The van der Waals surface area contributed by atoms with E-state index in [-0.39, 0.29) is 11.9 Å². The lowest BCUT2D eigenvalue weighted by atomic mass is 10.0. The highest BCUT2D eigenvalue weighted by atomic mass is 16.5. The van der Waals surface area contributed by atoms with Crippen molar-refractivity contribution in [2.75, 3.05) is 19.8 Å². The number of esters is 1. The molecule has 0 spiro atoms. The number of piperidine rings is 1. The maximum atomic E-state index is 12.4. The zero-order valence-electron chi connectivity index (χ0n) is 14.3. The predicted octanol–water partition coefficient (Wildman–Crippen LogP) is 2.50. The second kappa shape index (κ2) is 7.69. The molecule has 0 aromatic heterocycles. The predicted molar refractivity (Wildman–Crippen MR) is 89.9 cm³/mol. The van der Waals surface area contributed by atoms with E-state index in [0.717, 1.165) is 37.2 Å². The molecular formula is C19H25NO4. The van der Waals surface area contributed by atoms with Crippen LogP contribution in [0.3, 0.4) is 0 Å². The van der Waals surface area contributed by atoms with Gasteiger partial charge in [-0.05, 0) is 36.5 Å². The maximum Gasteiger partial charge on any atom is 0.328 e. The van der Waals surface area contributed by atoms with Gasteiger partial charge in [-0.3, -0.25) is 4.79 Å². The third-order valence-corrected chi connectivity index (χ3v) is 4.79. The average molecular weight is 331 g/mol. The van der Waals surface area contributed by atoms with Gasteiger partial charge < -0.3 is 14.4 Å². The van der Waals surface area contributed by atoms with Crippen LogP contribution >= 0.6 is 0 Å². The molecule has 24 heavy (non-hydrogen) atoms. The Morgan fingerprint density at radius 2 is 2.21 bits per heavy atom. The second-order valence-corrected chi connectivity index (χ2v) is 6.41. The third kappa shape index (κ3) is 3.71. The summed E-state index contributed by atoms with van der Waals surface area (Å²) in [5.41, 5.74) is 2.38. The molecule has 5 nitrogen and oxygen atoms in total. The number of carbonyl (C=O) groups excluding carboxylic acids is 2. The molecule has 2 aliphatic heterocycles. The Morgan fingerprint density at radius 3 is 3.04 bits per heavy atom. The summed E-state index contributed by atoms with van der Waals surface area (Å²) in [7, 11) is 0. The molecule has 3 rings (SSSR count). The lowest BCUT2D eigenvalue weighted by molar-refractivity contribution is -0.156. The first-order valence-corrected chi connectivity index (χ1v) is 8.89. The number of likely N-dealkylation sites (tertiary alicyclic amines) is 1. The number of hydrogen-bond acceptors (Lipinski definition) is 4. The second-order valence-electron chi connectivity index (χ2n) is 6.41. The minimum atomic E-state index is -0.403. The highest BCUT2D eigenvalue weighted by Crippen LogP contribution is 2.26. The van der Waals surface area contributed by atoms with Gasteiger partial charge in [-0.25, -0.2) is 4.79 Å². The first-order chi connectivity index (χ1) is 11.7. The fourth-order valence-electron chi connectivity index (χ4n) is 3.44. The molecule has 2 heterocycles. The van der Waals surface area contributed by atoms with E-state index in [2.05, 4.69) is 6.07 Å². The molecular weight excluding hydrogens is 306 g/mol. The summed E-state index contributed by atoms with van der Waals surface area (Å²) in [6, 6.07) is 5.73. The molecule has 2 aliphatic rings. The monoisotopic (exact) mass is 331 g/mol. The maximum absolute atomic E-state index is 12.4. The van der Waals surface area contributed by atoms with Crippen LogP contribution in [-0.2, 0) is 27.2 Å². The van der Waals surface area contributed by atoms with Gasteiger partial charge in [0, 0.05) is 25.8 Å². The van der Waals surface area contributed by atoms with Gasteiger partial charge in [0.05, 0.1) is 13.2 Å². The smallest absolute Gasteiger partial charge is 0.328 e. The molecule has 1 atom stereocenters. The summed E-state index contributed by atoms with van der Waals surface area (Å²) in [6.45, 7) is 3.59. The molecule has 5 heteroatoms. The number of amides is 1. The standard InChI is InChI=1S/C19H25NO4/c1-2-18(21)20-10-4-3-5-16(20)19(22)24-11-8-14-6-7-17-15(13-14)9-12-23-17/h6-7,13,16H,2-5,8-12H2,1H3. The van der Waals surface area contributed by atoms with Crippen molar-refractivity contribution < 1.29 is 19.1 Å². The minimum Gasteiger partial charge on any atom is -0.493 e. The molecule has 1 aromatic carbocycles. The lowest BCUT2D eigenvalue weighted by Crippen LogP contribution is -2.48. The highest BCUT2D eigenvalue weighted by Gasteiger charge is 2.32. The Hall–Kier alpha value is -2.04. The van der Waals surface area contributed by atoms with Crippen molar-refractivity contribution in [1.29, 1.82) is 0 Å². The SMILES string of the molecule is CCC(=O)N1CCCCC1C(=O)OCCc1ccc2c(c1)CCO2. The van der Waals surface area contributed by atoms with E-state index in [4.69, 9.17) is 9.47 Å². The number of nitrogens with zero attached hydrogens (tertiary/aromatic N) is 1. The largest absolute Gasteiger partial charge is 0.493 e. The Kier molecular flexibility index (Phi) is 5.38. The van der Waals surface area contributed by atoms with E-state index in [1.165, 1.54) is 5.56 Å². The van der Waals surface area contributed by atoms with Gasteiger partial charge in [0.25, 0.3) is 0 Å². The number of benzene rings is 1. The summed E-state index contributed by atoms with van der Waals surface area (Å²) >= 11 is 0. The summed E-state index contributed by atoms with van der Waals surface area (Å²) in [4.78, 5) is 26.1. The molecule has 130 valence electrons. The van der Waals surface area contributed by atoms with Crippen LogP contribution in [0.25, 0.3) is 0 Å². The van der Waals surface area contributed by atoms with Crippen LogP contribution in [0.15, 0.2) is 18.2 Å². The Labute approximate surface area is 142 Å². The molecule has 0 saturated carbocycles. The Bertz CT molecular complexity index is 613. The normalized spacial score (nSPS) is 19.5. The van der Waals surface area contributed by atoms with Crippen molar-refractivity contribution in [3.05, 3.63) is 29.3 Å². The van der Waals surface area contributed by atoms with Crippen molar-refractivity contribution in [3.8, 4) is 5.75 Å². The van der Waals surface area contributed by atoms with E-state index < -0.39 is 6.04 Å². The lowest BCUT2D eigenvalue weighted by Gasteiger charge is -2.33. The number of fused-ring (bicyclic) bond motifs is 1. The summed E-state index contributed by atoms with van der Waals surface area (Å²) < 4.78 is 11.0. The van der Waals surface area contributed by atoms with Crippen LogP contribution in [0, 0.1) is 0 Å². The van der Waals surface area contributed by atoms with Crippen molar-refractivity contribution in [1.82, 2.24) is 4.90 Å². The van der Waals surface area contributed by atoms with Crippen LogP contribution in [0.1, 0.15) is 43.7 Å². The zero-order chi connectivity index (χ0) is 16.9. The topological polar surface area (TPSA) is 55.8 Å². The van der Waals surface area contributed by atoms with Crippen LogP contribution < -0.4 is 4.74 Å². The quantitative estimate of drug-likeness (QED) is 0.778. The van der Waals surface area contributed by atoms with Crippen molar-refractivity contribution in [2.45, 2.75) is 51.5 Å². The van der Waals surface area contributed by atoms with E-state index in [1.807, 2.05) is 19.1 Å². The fourth-order valence-corrected chi connectivity index (χ4v) is 3.44. The number of rotatable bonds is 5. The van der Waals surface area contributed by atoms with Gasteiger partial charge in [-0.1, -0.05) is 19.1 Å². The zero-order valence-corrected chi connectivity index (χ0v) is 14.3. The van der Waals surface area contributed by atoms with Crippen molar-refractivity contribution >= 4 is 11.9 Å². The number of hydrogen-bond donors (Lipinski definition) is 0. The van der Waals surface area contributed by atoms with E-state index in [9.17, 15) is 9.59 Å². The molecule has 0 N–H and O–H groups in total. The third-order valence-electron chi connectivity index (χ3n) is 4.79. The van der Waals surface area contributed by atoms with Crippen molar-refractivity contribution in [2.24, 2.45) is 0 Å². The molecule has 1 aromatic rings. The van der Waals surface area contributed by atoms with E-state index in [1.54, 1.807) is 4.90 Å². The highest BCUT2D eigenvalue weighted by molar-refractivity contribution is 5.84. The fraction of sp³-hybridized carbons (Fsp3) is 0.579. The van der Waals surface area contributed by atoms with Crippen LogP contribution in [0.5, 0.6) is 5.75 Å². The molecule has 0 aliphatic carbocycles. The van der Waals surface area contributed by atoms with Gasteiger partial charge in [-0.2, -0.15) is 0 Å². The first-order valence-electron chi connectivity index (χ1n) is 8.89. The van der Waals surface area contributed by atoms with Gasteiger partial charge in [0.15, 0.2) is 0 Å². The molecule has 1 saturated heterocycles.